The van der Waals surface area contributed by atoms with Crippen molar-refractivity contribution in [3.8, 4) is 17.2 Å². The zero-order chi connectivity index (χ0) is 23.9. The first-order valence-corrected chi connectivity index (χ1v) is 11.1. The number of fused-ring (bicyclic) bond motifs is 1. The summed E-state index contributed by atoms with van der Waals surface area (Å²) in [6.07, 6.45) is 2.36. The number of amides is 1. The molecule has 1 amide bonds. The average Bonchev–Trinajstić information content (AvgIpc) is 3.54. The summed E-state index contributed by atoms with van der Waals surface area (Å²) in [4.78, 5) is 14.7. The number of likely N-dealkylation sites (tertiary alicyclic amines) is 1. The van der Waals surface area contributed by atoms with Crippen LogP contribution in [-0.4, -0.2) is 46.7 Å². The highest BCUT2D eigenvalue weighted by Crippen LogP contribution is 2.31. The zero-order valence-electron chi connectivity index (χ0n) is 19.4. The molecule has 1 unspecified atom stereocenters. The summed E-state index contributed by atoms with van der Waals surface area (Å²) in [6.45, 7) is -1.36. The van der Waals surface area contributed by atoms with Crippen LogP contribution in [0.25, 0.3) is 16.6 Å². The predicted octanol–water partition coefficient (Wildman–Crippen LogP) is 4.97. The molecule has 1 aliphatic rings. The normalized spacial score (nSPS) is 18.5. The molecule has 1 N–H and O–H groups in total. The highest BCUT2D eigenvalue weighted by molar-refractivity contribution is 7.12. The van der Waals surface area contributed by atoms with Crippen molar-refractivity contribution in [1.82, 2.24) is 20.0 Å². The summed E-state index contributed by atoms with van der Waals surface area (Å²) in [5.74, 6) is 1.02. The van der Waals surface area contributed by atoms with Crippen LogP contribution in [0, 0.1) is 0 Å². The van der Waals surface area contributed by atoms with Crippen molar-refractivity contribution in [3.05, 3.63) is 70.0 Å². The molecule has 0 bridgehead atoms. The van der Waals surface area contributed by atoms with Crippen molar-refractivity contribution >= 4 is 39.7 Å². The van der Waals surface area contributed by atoms with E-state index in [4.69, 9.17) is 20.5 Å². The number of hydrogen-bond donors (Lipinski definition) is 1. The summed E-state index contributed by atoms with van der Waals surface area (Å²) in [6, 6.07) is 14.5. The number of likely N-dealkylation sites (N-methyl/N-ethyl adjacent to an activating group) is 1. The third kappa shape index (κ3) is 4.17. The summed E-state index contributed by atoms with van der Waals surface area (Å²) in [7, 11) is 0. The largest absolute Gasteiger partial charge is 0.456 e. The molecule has 0 aliphatic carbocycles. The van der Waals surface area contributed by atoms with Gasteiger partial charge >= 0.3 is 0 Å². The lowest BCUT2D eigenvalue weighted by Crippen LogP contribution is -2.36. The number of thiophene rings is 1. The number of hydrogen-bond acceptors (Lipinski definition) is 5. The van der Waals surface area contributed by atoms with Gasteiger partial charge in [-0.3, -0.25) is 4.79 Å². The number of nitrogens with zero attached hydrogens (tertiary/aromatic N) is 3. The van der Waals surface area contributed by atoms with Crippen molar-refractivity contribution in [2.24, 2.45) is 0 Å². The minimum Gasteiger partial charge on any atom is -0.456 e. The number of para-hydroxylation sites is 1. The van der Waals surface area contributed by atoms with E-state index in [9.17, 15) is 4.79 Å². The lowest BCUT2D eigenvalue weighted by atomic mass is 10.2. The highest BCUT2D eigenvalue weighted by Gasteiger charge is 2.22. The van der Waals surface area contributed by atoms with Crippen LogP contribution >= 0.6 is 22.9 Å². The quantitative estimate of drug-likeness (QED) is 0.461. The second kappa shape index (κ2) is 8.34. The Bertz CT molecular complexity index is 1350. The van der Waals surface area contributed by atoms with Gasteiger partial charge in [0.15, 0.2) is 0 Å². The fraction of sp³-hybridized carbons (Fsp3) is 0.217. The lowest BCUT2D eigenvalue weighted by molar-refractivity contribution is 0.0942. The molecule has 1 fully saturated rings. The Morgan fingerprint density at radius 3 is 3.06 bits per heavy atom. The average molecular weight is 456 g/mol. The molecule has 6 nitrogen and oxygen atoms in total. The number of carbonyl (C=O) groups is 1. The molecule has 1 saturated heterocycles. The van der Waals surface area contributed by atoms with Gasteiger partial charge in [0.05, 0.1) is 27.3 Å². The molecular formula is C23H21ClN4O2S. The first kappa shape index (κ1) is 16.8. The number of halogens is 1. The van der Waals surface area contributed by atoms with E-state index in [2.05, 4.69) is 10.4 Å². The molecule has 0 spiro atoms. The van der Waals surface area contributed by atoms with Crippen LogP contribution in [0.2, 0.25) is 5.02 Å². The number of benzene rings is 2. The predicted molar refractivity (Wildman–Crippen MR) is 124 cm³/mol. The van der Waals surface area contributed by atoms with Gasteiger partial charge in [0, 0.05) is 27.5 Å². The van der Waals surface area contributed by atoms with E-state index in [1.54, 1.807) is 29.1 Å². The zero-order valence-corrected chi connectivity index (χ0v) is 18.0. The fourth-order valence-corrected chi connectivity index (χ4v) is 4.57. The second-order valence-corrected chi connectivity index (χ2v) is 8.70. The van der Waals surface area contributed by atoms with Crippen molar-refractivity contribution in [3.63, 3.8) is 0 Å². The first-order valence-electron chi connectivity index (χ1n) is 11.3. The SMILES string of the molecule is [2H]C([2H])([2H])N1CCC(NC(=O)c2cc(-n3ncc4cc(Oc5ccccc5Cl)ccc43)cs2)C1. The monoisotopic (exact) mass is 455 g/mol. The number of carbonyl (C=O) groups excluding carboxylic acids is 1. The lowest BCUT2D eigenvalue weighted by Gasteiger charge is -2.11. The number of nitrogens with one attached hydrogen (secondary N) is 1. The third-order valence-corrected chi connectivity index (χ3v) is 6.41. The Hall–Kier alpha value is -2.87. The molecule has 3 heterocycles. The van der Waals surface area contributed by atoms with E-state index < -0.39 is 6.98 Å². The van der Waals surface area contributed by atoms with Gasteiger partial charge in [-0.25, -0.2) is 4.68 Å². The standard InChI is InChI=1S/C23H21ClN4O2S/c1-27-9-8-16(13-27)26-23(29)22-11-17(14-31-22)28-20-7-6-18(10-15(20)12-25-28)30-21-5-3-2-4-19(21)24/h2-7,10-12,14,16H,8-9,13H2,1H3,(H,26,29)/i1D3. The van der Waals surface area contributed by atoms with Gasteiger partial charge in [-0.15, -0.1) is 11.3 Å². The van der Waals surface area contributed by atoms with Gasteiger partial charge in [0.1, 0.15) is 11.5 Å². The first-order chi connectivity index (χ1) is 16.3. The molecule has 8 heteroatoms. The smallest absolute Gasteiger partial charge is 0.261 e. The maximum atomic E-state index is 12.7. The van der Waals surface area contributed by atoms with Crippen LogP contribution in [0.4, 0.5) is 0 Å². The van der Waals surface area contributed by atoms with E-state index in [1.807, 2.05) is 35.7 Å². The number of rotatable bonds is 5. The Morgan fingerprint density at radius 1 is 1.32 bits per heavy atom. The molecule has 2 aromatic heterocycles. The Kier molecular flexibility index (Phi) is 4.51. The van der Waals surface area contributed by atoms with Crippen LogP contribution in [0.15, 0.2) is 60.1 Å². The summed E-state index contributed by atoms with van der Waals surface area (Å²) >= 11 is 7.51. The van der Waals surface area contributed by atoms with Crippen LogP contribution in [0.5, 0.6) is 11.5 Å². The van der Waals surface area contributed by atoms with Crippen molar-refractivity contribution in [2.75, 3.05) is 20.1 Å². The van der Waals surface area contributed by atoms with Gasteiger partial charge < -0.3 is 15.0 Å². The summed E-state index contributed by atoms with van der Waals surface area (Å²) < 4.78 is 30.2. The molecule has 1 aliphatic heterocycles. The second-order valence-electron chi connectivity index (χ2n) is 7.38. The van der Waals surface area contributed by atoms with E-state index in [1.165, 1.54) is 16.2 Å². The van der Waals surface area contributed by atoms with E-state index in [-0.39, 0.29) is 11.9 Å². The molecule has 1 atom stereocenters. The van der Waals surface area contributed by atoms with Gasteiger partial charge in [0.25, 0.3) is 5.91 Å². The number of aromatic nitrogens is 2. The van der Waals surface area contributed by atoms with E-state index in [0.29, 0.717) is 40.9 Å². The Balaban J connectivity index is 1.30. The van der Waals surface area contributed by atoms with Gasteiger partial charge in [-0.2, -0.15) is 5.10 Å². The van der Waals surface area contributed by atoms with Gasteiger partial charge in [0.2, 0.25) is 0 Å². The van der Waals surface area contributed by atoms with Crippen LogP contribution in [-0.2, 0) is 0 Å². The van der Waals surface area contributed by atoms with Crippen molar-refractivity contribution < 1.29 is 13.6 Å². The topological polar surface area (TPSA) is 59.4 Å². The number of ether oxygens (including phenoxy) is 1. The van der Waals surface area contributed by atoms with Gasteiger partial charge in [-0.1, -0.05) is 23.7 Å². The van der Waals surface area contributed by atoms with Crippen LogP contribution < -0.4 is 10.1 Å². The summed E-state index contributed by atoms with van der Waals surface area (Å²) in [5.41, 5.74) is 1.65. The Labute approximate surface area is 193 Å². The third-order valence-electron chi connectivity index (χ3n) is 5.18. The Morgan fingerprint density at radius 2 is 2.23 bits per heavy atom. The minimum absolute atomic E-state index is 0.180. The molecule has 31 heavy (non-hydrogen) atoms. The maximum absolute atomic E-state index is 12.7. The molecule has 5 rings (SSSR count). The molecule has 0 radical (unpaired) electrons. The van der Waals surface area contributed by atoms with Crippen molar-refractivity contribution in [1.29, 1.82) is 0 Å². The minimum atomic E-state index is -2.13. The molecule has 4 aromatic rings. The summed E-state index contributed by atoms with van der Waals surface area (Å²) in [5, 5.41) is 10.7. The van der Waals surface area contributed by atoms with Crippen LogP contribution in [0.3, 0.4) is 0 Å². The van der Waals surface area contributed by atoms with Crippen LogP contribution in [0.1, 0.15) is 20.2 Å². The van der Waals surface area contributed by atoms with E-state index >= 15 is 0 Å². The molecule has 158 valence electrons. The molecule has 2 aromatic carbocycles. The fourth-order valence-electron chi connectivity index (χ4n) is 3.63. The highest BCUT2D eigenvalue weighted by atomic mass is 35.5. The maximum Gasteiger partial charge on any atom is 0.261 e. The van der Waals surface area contributed by atoms with E-state index in [0.717, 1.165) is 16.6 Å². The van der Waals surface area contributed by atoms with Gasteiger partial charge in [-0.05, 0) is 56.3 Å². The van der Waals surface area contributed by atoms with Crippen molar-refractivity contribution in [2.45, 2.75) is 12.5 Å². The molecule has 0 saturated carbocycles. The molecular weight excluding hydrogens is 432 g/mol.